The van der Waals surface area contributed by atoms with Crippen molar-refractivity contribution in [2.24, 2.45) is 0 Å². The van der Waals surface area contributed by atoms with E-state index >= 15 is 0 Å². The van der Waals surface area contributed by atoms with Crippen molar-refractivity contribution in [1.82, 2.24) is 14.1 Å². The monoisotopic (exact) mass is 228 g/mol. The maximum Gasteiger partial charge on any atom is 0.268 e. The fourth-order valence-electron chi connectivity index (χ4n) is 1.69. The van der Waals surface area contributed by atoms with Crippen LogP contribution in [-0.4, -0.2) is 14.1 Å². The first-order valence-corrected chi connectivity index (χ1v) is 5.34. The predicted octanol–water partition coefficient (Wildman–Crippen LogP) is 0.985. The van der Waals surface area contributed by atoms with Crippen molar-refractivity contribution < 1.29 is 0 Å². The molecule has 0 spiro atoms. The maximum atomic E-state index is 11.8. The Morgan fingerprint density at radius 1 is 1.47 bits per heavy atom. The second-order valence-corrected chi connectivity index (χ2v) is 3.64. The number of aromatic nitrogens is 3. The minimum absolute atomic E-state index is 0.162. The molecule has 5 nitrogen and oxygen atoms in total. The third-order valence-electron chi connectivity index (χ3n) is 2.61. The van der Waals surface area contributed by atoms with Gasteiger partial charge >= 0.3 is 0 Å². The van der Waals surface area contributed by atoms with E-state index in [2.05, 4.69) is 4.98 Å². The molecule has 2 heterocycles. The highest BCUT2D eigenvalue weighted by molar-refractivity contribution is 5.25. The van der Waals surface area contributed by atoms with Crippen LogP contribution in [0.15, 0.2) is 35.6 Å². The zero-order valence-corrected chi connectivity index (χ0v) is 9.50. The van der Waals surface area contributed by atoms with Gasteiger partial charge in [0.1, 0.15) is 11.6 Å². The molecule has 0 fully saturated rings. The topological polar surface area (TPSA) is 63.6 Å². The first-order valence-electron chi connectivity index (χ1n) is 5.34. The molecule has 2 aromatic heterocycles. The molecule has 0 aliphatic heterocycles. The van der Waals surface area contributed by atoms with Crippen molar-refractivity contribution in [1.29, 1.82) is 5.26 Å². The average molecular weight is 228 g/mol. The summed E-state index contributed by atoms with van der Waals surface area (Å²) in [6.45, 7) is 3.25. The Labute approximate surface area is 98.6 Å². The van der Waals surface area contributed by atoms with Gasteiger partial charge in [0.15, 0.2) is 0 Å². The fourth-order valence-corrected chi connectivity index (χ4v) is 1.69. The highest BCUT2D eigenvalue weighted by Crippen LogP contribution is 2.01. The normalized spacial score (nSPS) is 10.1. The van der Waals surface area contributed by atoms with Gasteiger partial charge in [-0.2, -0.15) is 5.26 Å². The molecule has 0 aliphatic carbocycles. The van der Waals surface area contributed by atoms with Gasteiger partial charge in [-0.1, -0.05) is 0 Å². The number of imidazole rings is 1. The lowest BCUT2D eigenvalue weighted by atomic mass is 10.3. The van der Waals surface area contributed by atoms with Crippen LogP contribution in [0.5, 0.6) is 0 Å². The molecule has 0 saturated carbocycles. The minimum Gasteiger partial charge on any atom is -0.333 e. The predicted molar refractivity (Wildman–Crippen MR) is 62.4 cm³/mol. The Bertz CT molecular complexity index is 618. The molecular formula is C12H12N4O. The molecule has 5 heteroatoms. The minimum atomic E-state index is -0.265. The molecule has 0 N–H and O–H groups in total. The van der Waals surface area contributed by atoms with Crippen LogP contribution in [0.25, 0.3) is 0 Å². The van der Waals surface area contributed by atoms with Gasteiger partial charge in [0, 0.05) is 18.9 Å². The van der Waals surface area contributed by atoms with E-state index in [1.165, 1.54) is 10.6 Å². The molecule has 0 atom stereocenters. The summed E-state index contributed by atoms with van der Waals surface area (Å²) in [7, 11) is 0. The van der Waals surface area contributed by atoms with E-state index in [1.54, 1.807) is 24.8 Å². The molecule has 0 aromatic carbocycles. The number of hydrogen-bond acceptors (Lipinski definition) is 3. The van der Waals surface area contributed by atoms with Gasteiger partial charge in [-0.15, -0.1) is 0 Å². The lowest BCUT2D eigenvalue weighted by Crippen LogP contribution is -2.23. The van der Waals surface area contributed by atoms with Crippen LogP contribution in [0, 0.1) is 11.3 Å². The molecule has 0 amide bonds. The van der Waals surface area contributed by atoms with Gasteiger partial charge in [0.2, 0.25) is 0 Å². The number of rotatable bonds is 3. The third-order valence-corrected chi connectivity index (χ3v) is 2.61. The quantitative estimate of drug-likeness (QED) is 0.786. The van der Waals surface area contributed by atoms with Gasteiger partial charge in [-0.3, -0.25) is 4.79 Å². The summed E-state index contributed by atoms with van der Waals surface area (Å²) in [5, 5.41) is 8.79. The van der Waals surface area contributed by atoms with Crippen molar-refractivity contribution >= 4 is 0 Å². The molecule has 0 saturated heterocycles. The Morgan fingerprint density at radius 2 is 2.29 bits per heavy atom. The third kappa shape index (κ3) is 2.11. The van der Waals surface area contributed by atoms with Crippen molar-refractivity contribution in [3.8, 4) is 6.07 Å². The number of pyridine rings is 1. The average Bonchev–Trinajstić information content (AvgIpc) is 2.79. The summed E-state index contributed by atoms with van der Waals surface area (Å²) in [5.41, 5.74) is 0.846. The molecule has 0 radical (unpaired) electrons. The summed E-state index contributed by atoms with van der Waals surface area (Å²) in [6, 6.07) is 5.11. The summed E-state index contributed by atoms with van der Waals surface area (Å²) < 4.78 is 3.48. The second kappa shape index (κ2) is 4.66. The Morgan fingerprint density at radius 3 is 3.00 bits per heavy atom. The molecule has 0 bridgehead atoms. The molecule has 86 valence electrons. The number of hydrogen-bond donors (Lipinski definition) is 0. The summed E-state index contributed by atoms with van der Waals surface area (Å²) in [4.78, 5) is 15.9. The van der Waals surface area contributed by atoms with Crippen LogP contribution in [-0.2, 0) is 13.1 Å². The Balaban J connectivity index is 2.38. The molecule has 2 rings (SSSR count). The fraction of sp³-hybridized carbons (Fsp3) is 0.250. The van der Waals surface area contributed by atoms with Crippen LogP contribution in [0.1, 0.15) is 18.2 Å². The van der Waals surface area contributed by atoms with E-state index in [0.29, 0.717) is 6.54 Å². The second-order valence-electron chi connectivity index (χ2n) is 3.64. The van der Waals surface area contributed by atoms with Gasteiger partial charge in [-0.25, -0.2) is 4.98 Å². The Hall–Kier alpha value is -2.35. The van der Waals surface area contributed by atoms with E-state index in [9.17, 15) is 4.79 Å². The highest BCUT2D eigenvalue weighted by Gasteiger charge is 2.05. The standard InChI is InChI=1S/C12H12N4O/c1-2-15-9-14-7-11(15)8-16-5-3-4-10(6-13)12(16)17/h3-5,7,9H,2,8H2,1H3. The van der Waals surface area contributed by atoms with Gasteiger partial charge in [-0.05, 0) is 19.1 Å². The summed E-state index contributed by atoms with van der Waals surface area (Å²) in [6.07, 6.45) is 5.14. The summed E-state index contributed by atoms with van der Waals surface area (Å²) in [5.74, 6) is 0. The Kier molecular flexibility index (Phi) is 3.06. The SMILES string of the molecule is CCn1cncc1Cn1cccc(C#N)c1=O. The zero-order chi connectivity index (χ0) is 12.3. The van der Waals surface area contributed by atoms with Crippen molar-refractivity contribution in [2.75, 3.05) is 0 Å². The van der Waals surface area contributed by atoms with Crippen molar-refractivity contribution in [3.05, 3.63) is 52.5 Å². The van der Waals surface area contributed by atoms with Gasteiger partial charge < -0.3 is 9.13 Å². The summed E-state index contributed by atoms with van der Waals surface area (Å²) >= 11 is 0. The van der Waals surface area contributed by atoms with Crippen LogP contribution in [0.4, 0.5) is 0 Å². The highest BCUT2D eigenvalue weighted by atomic mass is 16.1. The van der Waals surface area contributed by atoms with Gasteiger partial charge in [0.25, 0.3) is 5.56 Å². The van der Waals surface area contributed by atoms with E-state index < -0.39 is 0 Å². The molecule has 17 heavy (non-hydrogen) atoms. The smallest absolute Gasteiger partial charge is 0.268 e. The molecule has 0 aliphatic rings. The van der Waals surface area contributed by atoms with E-state index in [0.717, 1.165) is 12.2 Å². The van der Waals surface area contributed by atoms with Crippen LogP contribution >= 0.6 is 0 Å². The number of nitrogens with zero attached hydrogens (tertiary/aromatic N) is 4. The van der Waals surface area contributed by atoms with E-state index in [-0.39, 0.29) is 11.1 Å². The number of aryl methyl sites for hydroxylation is 1. The number of nitriles is 1. The first kappa shape index (κ1) is 11.1. The molecule has 2 aromatic rings. The van der Waals surface area contributed by atoms with Crippen molar-refractivity contribution in [2.45, 2.75) is 20.0 Å². The molecule has 0 unspecified atom stereocenters. The van der Waals surface area contributed by atoms with Crippen LogP contribution < -0.4 is 5.56 Å². The lowest BCUT2D eigenvalue weighted by Gasteiger charge is -2.07. The van der Waals surface area contributed by atoms with Gasteiger partial charge in [0.05, 0.1) is 18.6 Å². The maximum absolute atomic E-state index is 11.8. The van der Waals surface area contributed by atoms with Crippen molar-refractivity contribution in [3.63, 3.8) is 0 Å². The molecular weight excluding hydrogens is 216 g/mol. The van der Waals surface area contributed by atoms with Crippen LogP contribution in [0.2, 0.25) is 0 Å². The first-order chi connectivity index (χ1) is 8.26. The van der Waals surface area contributed by atoms with E-state index in [4.69, 9.17) is 5.26 Å². The lowest BCUT2D eigenvalue weighted by molar-refractivity contribution is 0.655. The van der Waals surface area contributed by atoms with Crippen LogP contribution in [0.3, 0.4) is 0 Å². The zero-order valence-electron chi connectivity index (χ0n) is 9.50. The largest absolute Gasteiger partial charge is 0.333 e. The van der Waals surface area contributed by atoms with E-state index in [1.807, 2.05) is 17.6 Å².